The molecule has 0 saturated heterocycles. The number of hydrogen-bond donors (Lipinski definition) is 4. The molecule has 1 heterocycles. The van der Waals surface area contributed by atoms with Gasteiger partial charge in [0.15, 0.2) is 13.2 Å². The molecular weight excluding hydrogens is 443 g/mol. The van der Waals surface area contributed by atoms with Crippen molar-refractivity contribution in [3.63, 3.8) is 0 Å². The van der Waals surface area contributed by atoms with Crippen molar-refractivity contribution in [2.24, 2.45) is 0 Å². The van der Waals surface area contributed by atoms with Gasteiger partial charge in [-0.3, -0.25) is 14.7 Å². The van der Waals surface area contributed by atoms with E-state index in [0.29, 0.717) is 21.7 Å². The van der Waals surface area contributed by atoms with Gasteiger partial charge in [0.1, 0.15) is 17.3 Å². The highest BCUT2D eigenvalue weighted by Crippen LogP contribution is 2.22. The van der Waals surface area contributed by atoms with Gasteiger partial charge < -0.3 is 25.2 Å². The van der Waals surface area contributed by atoms with E-state index in [0.717, 1.165) is 0 Å². The Kier molecular flexibility index (Phi) is 8.23. The van der Waals surface area contributed by atoms with Crippen LogP contribution in [0.1, 0.15) is 6.42 Å². The molecular formula is C21H22ClFN4O5. The van der Waals surface area contributed by atoms with Crippen molar-refractivity contribution in [2.45, 2.75) is 12.5 Å². The standard InChI is InChI=1S/C21H22ClFN4O5/c22-13-1-3-15(4-2-13)31-12-21(30)25-9-14(28)5-6-24-20(29)11-32-16-7-18(23)17-10-26-27-19(17)8-16/h1-4,7-8,10,14,28H,5-6,9,11-12H2,(H,24,29)(H,25,30)(H,26,27)/t14-/m0/s1. The third kappa shape index (κ3) is 7.10. The second-order valence-corrected chi connectivity index (χ2v) is 7.30. The number of H-pyrrole nitrogens is 1. The lowest BCUT2D eigenvalue weighted by atomic mass is 10.2. The van der Waals surface area contributed by atoms with Crippen LogP contribution in [0.5, 0.6) is 11.5 Å². The Morgan fingerprint density at radius 2 is 1.78 bits per heavy atom. The summed E-state index contributed by atoms with van der Waals surface area (Å²) in [5, 5.41) is 22.3. The third-order valence-corrected chi connectivity index (χ3v) is 4.62. The number of fused-ring (bicyclic) bond motifs is 1. The molecule has 11 heteroatoms. The van der Waals surface area contributed by atoms with Gasteiger partial charge in [-0.15, -0.1) is 0 Å². The minimum atomic E-state index is -0.854. The van der Waals surface area contributed by atoms with Crippen LogP contribution in [0.15, 0.2) is 42.6 Å². The first-order valence-corrected chi connectivity index (χ1v) is 10.1. The van der Waals surface area contributed by atoms with Gasteiger partial charge in [0.2, 0.25) is 0 Å². The van der Waals surface area contributed by atoms with Gasteiger partial charge in [-0.05, 0) is 30.7 Å². The molecule has 3 aromatic rings. The van der Waals surface area contributed by atoms with Gasteiger partial charge in [0.25, 0.3) is 11.8 Å². The number of aromatic amines is 1. The molecule has 2 aromatic carbocycles. The van der Waals surface area contributed by atoms with E-state index < -0.39 is 23.7 Å². The van der Waals surface area contributed by atoms with Crippen molar-refractivity contribution >= 4 is 34.3 Å². The molecule has 0 aliphatic heterocycles. The lowest BCUT2D eigenvalue weighted by Crippen LogP contribution is -2.37. The minimum Gasteiger partial charge on any atom is -0.484 e. The number of nitrogens with zero attached hydrogens (tertiary/aromatic N) is 1. The van der Waals surface area contributed by atoms with Crippen molar-refractivity contribution < 1.29 is 28.6 Å². The first-order valence-electron chi connectivity index (χ1n) is 9.76. The molecule has 0 spiro atoms. The number of amides is 2. The van der Waals surface area contributed by atoms with E-state index in [1.165, 1.54) is 12.3 Å². The fourth-order valence-electron chi connectivity index (χ4n) is 2.71. The monoisotopic (exact) mass is 464 g/mol. The zero-order valence-electron chi connectivity index (χ0n) is 16.9. The number of hydrogen-bond acceptors (Lipinski definition) is 6. The van der Waals surface area contributed by atoms with Crippen molar-refractivity contribution in [1.29, 1.82) is 0 Å². The Morgan fingerprint density at radius 3 is 2.53 bits per heavy atom. The maximum Gasteiger partial charge on any atom is 0.258 e. The fourth-order valence-corrected chi connectivity index (χ4v) is 2.83. The number of rotatable bonds is 11. The highest BCUT2D eigenvalue weighted by Gasteiger charge is 2.11. The smallest absolute Gasteiger partial charge is 0.258 e. The Balaban J connectivity index is 1.28. The third-order valence-electron chi connectivity index (χ3n) is 4.37. The molecule has 1 atom stereocenters. The van der Waals surface area contributed by atoms with E-state index in [1.807, 2.05) is 0 Å². The molecule has 32 heavy (non-hydrogen) atoms. The van der Waals surface area contributed by atoms with Gasteiger partial charge in [-0.25, -0.2) is 4.39 Å². The molecule has 0 radical (unpaired) electrons. The number of carbonyl (C=O) groups excluding carboxylic acids is 2. The number of aliphatic hydroxyl groups excluding tert-OH is 1. The van der Waals surface area contributed by atoms with Crippen LogP contribution in [-0.4, -0.2) is 59.5 Å². The molecule has 3 rings (SSSR count). The molecule has 0 aliphatic rings. The maximum absolute atomic E-state index is 13.9. The van der Waals surface area contributed by atoms with Crippen molar-refractivity contribution in [1.82, 2.24) is 20.8 Å². The summed E-state index contributed by atoms with van der Waals surface area (Å²) in [6, 6.07) is 9.30. The average Bonchev–Trinajstić information content (AvgIpc) is 3.25. The predicted molar refractivity (Wildman–Crippen MR) is 115 cm³/mol. The van der Waals surface area contributed by atoms with Crippen LogP contribution in [0.2, 0.25) is 5.02 Å². The van der Waals surface area contributed by atoms with Gasteiger partial charge in [0.05, 0.1) is 23.2 Å². The highest BCUT2D eigenvalue weighted by atomic mass is 35.5. The van der Waals surface area contributed by atoms with E-state index >= 15 is 0 Å². The van der Waals surface area contributed by atoms with Gasteiger partial charge in [-0.1, -0.05) is 11.6 Å². The molecule has 0 unspecified atom stereocenters. The van der Waals surface area contributed by atoms with Crippen LogP contribution in [-0.2, 0) is 9.59 Å². The number of aromatic nitrogens is 2. The summed E-state index contributed by atoms with van der Waals surface area (Å²) in [4.78, 5) is 23.7. The summed E-state index contributed by atoms with van der Waals surface area (Å²) in [6.07, 6.45) is 0.730. The van der Waals surface area contributed by atoms with E-state index in [9.17, 15) is 19.1 Å². The second-order valence-electron chi connectivity index (χ2n) is 6.86. The quantitative estimate of drug-likeness (QED) is 0.343. The molecule has 9 nitrogen and oxygen atoms in total. The fraction of sp³-hybridized carbons (Fsp3) is 0.286. The molecule has 0 aliphatic carbocycles. The Morgan fingerprint density at radius 1 is 1.09 bits per heavy atom. The van der Waals surface area contributed by atoms with Crippen LogP contribution in [0.25, 0.3) is 10.9 Å². The topological polar surface area (TPSA) is 126 Å². The molecule has 2 amide bonds. The number of halogens is 2. The Labute approximate surface area is 187 Å². The van der Waals surface area contributed by atoms with Gasteiger partial charge in [-0.2, -0.15) is 5.10 Å². The lowest BCUT2D eigenvalue weighted by Gasteiger charge is -2.13. The number of nitrogens with one attached hydrogen (secondary N) is 3. The summed E-state index contributed by atoms with van der Waals surface area (Å²) in [7, 11) is 0. The first kappa shape index (κ1) is 23.3. The Hall–Kier alpha value is -3.37. The molecule has 0 bridgehead atoms. The van der Waals surface area contributed by atoms with E-state index in [2.05, 4.69) is 20.8 Å². The largest absolute Gasteiger partial charge is 0.484 e. The van der Waals surface area contributed by atoms with Gasteiger partial charge >= 0.3 is 0 Å². The first-order chi connectivity index (χ1) is 15.4. The average molecular weight is 465 g/mol. The molecule has 170 valence electrons. The summed E-state index contributed by atoms with van der Waals surface area (Å²) in [5.74, 6) is -0.628. The van der Waals surface area contributed by atoms with Crippen LogP contribution < -0.4 is 20.1 Å². The Bertz CT molecular complexity index is 1060. The van der Waals surface area contributed by atoms with E-state index in [1.54, 1.807) is 30.3 Å². The number of benzene rings is 2. The second kappa shape index (κ2) is 11.3. The summed E-state index contributed by atoms with van der Waals surface area (Å²) in [6.45, 7) is -0.325. The van der Waals surface area contributed by atoms with Crippen molar-refractivity contribution in [3.05, 3.63) is 53.4 Å². The summed E-state index contributed by atoms with van der Waals surface area (Å²) < 4.78 is 24.5. The molecule has 4 N–H and O–H groups in total. The normalized spacial score (nSPS) is 11.7. The minimum absolute atomic E-state index is 0.0126. The van der Waals surface area contributed by atoms with Crippen LogP contribution >= 0.6 is 11.6 Å². The van der Waals surface area contributed by atoms with Crippen LogP contribution in [0.3, 0.4) is 0 Å². The SMILES string of the molecule is O=C(COc1cc(F)c2cn[nH]c2c1)NCC[C@H](O)CNC(=O)COc1ccc(Cl)cc1. The van der Waals surface area contributed by atoms with E-state index in [-0.39, 0.29) is 38.5 Å². The summed E-state index contributed by atoms with van der Waals surface area (Å²) >= 11 is 5.77. The molecule has 0 saturated carbocycles. The molecule has 0 fully saturated rings. The van der Waals surface area contributed by atoms with E-state index in [4.69, 9.17) is 21.1 Å². The van der Waals surface area contributed by atoms with Crippen molar-refractivity contribution in [3.8, 4) is 11.5 Å². The van der Waals surface area contributed by atoms with Crippen LogP contribution in [0, 0.1) is 5.82 Å². The van der Waals surface area contributed by atoms with Gasteiger partial charge in [0, 0.05) is 30.2 Å². The predicted octanol–water partition coefficient (Wildman–Crippen LogP) is 1.80. The highest BCUT2D eigenvalue weighted by molar-refractivity contribution is 6.30. The lowest BCUT2D eigenvalue weighted by molar-refractivity contribution is -0.124. The zero-order chi connectivity index (χ0) is 22.9. The summed E-state index contributed by atoms with van der Waals surface area (Å²) in [5.41, 5.74) is 0.462. The molecule has 1 aromatic heterocycles. The van der Waals surface area contributed by atoms with Crippen LogP contribution in [0.4, 0.5) is 4.39 Å². The number of carbonyl (C=O) groups is 2. The zero-order valence-corrected chi connectivity index (χ0v) is 17.7. The number of aliphatic hydroxyl groups is 1. The van der Waals surface area contributed by atoms with Crippen molar-refractivity contribution in [2.75, 3.05) is 26.3 Å². The number of ether oxygens (including phenoxy) is 2. The maximum atomic E-state index is 13.9.